The molecule has 144 valence electrons. The minimum atomic E-state index is -1.12. The van der Waals surface area contributed by atoms with E-state index in [2.05, 4.69) is 47.6 Å². The normalized spacial score (nSPS) is 12.1. The Bertz CT molecular complexity index is 877. The fourth-order valence-corrected chi connectivity index (χ4v) is 3.11. The van der Waals surface area contributed by atoms with Crippen LogP contribution in [0.15, 0.2) is 30.3 Å². The molecule has 2 N–H and O–H groups in total. The third-order valence-electron chi connectivity index (χ3n) is 4.89. The molecule has 0 bridgehead atoms. The van der Waals surface area contributed by atoms with Crippen LogP contribution in [0.25, 0.3) is 11.1 Å². The number of carboxylic acid groups (broad SMARTS) is 2. The van der Waals surface area contributed by atoms with Gasteiger partial charge < -0.3 is 10.2 Å². The molecule has 2 aromatic carbocycles. The van der Waals surface area contributed by atoms with Gasteiger partial charge in [-0.25, -0.2) is 9.59 Å². The van der Waals surface area contributed by atoms with Crippen molar-refractivity contribution in [3.05, 3.63) is 58.1 Å². The maximum Gasteiger partial charge on any atom is 0.336 e. The molecular weight excluding hydrogens is 340 g/mol. The molecule has 27 heavy (non-hydrogen) atoms. The van der Waals surface area contributed by atoms with E-state index in [-0.39, 0.29) is 27.5 Å². The molecule has 0 saturated carbocycles. The average Bonchev–Trinajstić information content (AvgIpc) is 2.51. The fraction of sp³-hybridized carbons (Fsp3) is 0.391. The smallest absolute Gasteiger partial charge is 0.336 e. The van der Waals surface area contributed by atoms with Crippen molar-refractivity contribution in [2.45, 2.75) is 59.3 Å². The van der Waals surface area contributed by atoms with E-state index >= 15 is 0 Å². The van der Waals surface area contributed by atoms with Crippen LogP contribution in [-0.2, 0) is 10.8 Å². The van der Waals surface area contributed by atoms with Gasteiger partial charge in [0.15, 0.2) is 0 Å². The first-order chi connectivity index (χ1) is 12.2. The van der Waals surface area contributed by atoms with Gasteiger partial charge in [-0.3, -0.25) is 0 Å². The molecule has 0 amide bonds. The van der Waals surface area contributed by atoms with E-state index in [0.717, 1.165) is 16.7 Å². The Balaban J connectivity index is 2.87. The first-order valence-electron chi connectivity index (χ1n) is 9.00. The lowest BCUT2D eigenvalue weighted by Gasteiger charge is -2.26. The zero-order valence-corrected chi connectivity index (χ0v) is 17.1. The lowest BCUT2D eigenvalue weighted by atomic mass is 9.78. The Labute approximate surface area is 160 Å². The van der Waals surface area contributed by atoms with Gasteiger partial charge in [-0.1, -0.05) is 65.8 Å². The first-order valence-corrected chi connectivity index (χ1v) is 9.00. The van der Waals surface area contributed by atoms with E-state index in [1.165, 1.54) is 6.07 Å². The van der Waals surface area contributed by atoms with E-state index in [1.807, 2.05) is 12.1 Å². The summed E-state index contributed by atoms with van der Waals surface area (Å²) < 4.78 is 0. The van der Waals surface area contributed by atoms with Gasteiger partial charge in [0.25, 0.3) is 0 Å². The lowest BCUT2D eigenvalue weighted by molar-refractivity contribution is 0.0696. The summed E-state index contributed by atoms with van der Waals surface area (Å²) in [6.07, 6.45) is 0. The maximum absolute atomic E-state index is 12.0. The highest BCUT2D eigenvalue weighted by Gasteiger charge is 2.24. The van der Waals surface area contributed by atoms with Crippen molar-refractivity contribution in [3.8, 4) is 11.1 Å². The van der Waals surface area contributed by atoms with Gasteiger partial charge in [-0.05, 0) is 51.6 Å². The van der Waals surface area contributed by atoms with Crippen LogP contribution in [0, 0.1) is 6.92 Å². The first kappa shape index (κ1) is 20.7. The second kappa shape index (κ2) is 6.84. The summed E-state index contributed by atoms with van der Waals surface area (Å²) in [5.41, 5.74) is 3.69. The van der Waals surface area contributed by atoms with Gasteiger partial charge in [0, 0.05) is 0 Å². The van der Waals surface area contributed by atoms with Crippen molar-refractivity contribution in [3.63, 3.8) is 0 Å². The molecule has 2 rings (SSSR count). The fourth-order valence-electron chi connectivity index (χ4n) is 3.11. The zero-order chi connectivity index (χ0) is 20.7. The van der Waals surface area contributed by atoms with E-state index in [1.54, 1.807) is 13.0 Å². The second-order valence-corrected chi connectivity index (χ2v) is 9.07. The van der Waals surface area contributed by atoms with E-state index < -0.39 is 11.9 Å². The largest absolute Gasteiger partial charge is 0.478 e. The van der Waals surface area contributed by atoms with Gasteiger partial charge in [-0.2, -0.15) is 0 Å². The van der Waals surface area contributed by atoms with Crippen LogP contribution in [0.5, 0.6) is 0 Å². The Kier molecular flexibility index (Phi) is 5.24. The van der Waals surface area contributed by atoms with Crippen LogP contribution < -0.4 is 0 Å². The average molecular weight is 368 g/mol. The minimum Gasteiger partial charge on any atom is -0.478 e. The minimum absolute atomic E-state index is 0.0131. The summed E-state index contributed by atoms with van der Waals surface area (Å²) in [5.74, 6) is -2.25. The Morgan fingerprint density at radius 1 is 0.778 bits per heavy atom. The molecule has 0 spiro atoms. The predicted octanol–water partition coefficient (Wildman–Crippen LogP) is 5.65. The van der Waals surface area contributed by atoms with Gasteiger partial charge in [0.2, 0.25) is 0 Å². The molecule has 0 saturated heterocycles. The third-order valence-corrected chi connectivity index (χ3v) is 4.89. The summed E-state index contributed by atoms with van der Waals surface area (Å²) in [7, 11) is 0. The number of rotatable bonds is 3. The monoisotopic (exact) mass is 368 g/mol. The summed E-state index contributed by atoms with van der Waals surface area (Å²) in [5, 5.41) is 19.1. The lowest BCUT2D eigenvalue weighted by Crippen LogP contribution is -2.17. The van der Waals surface area contributed by atoms with Crippen LogP contribution in [0.2, 0.25) is 0 Å². The standard InChI is InChI=1S/C23H28O4/c1-13-17(20(24)25)8-9-18(19(13)21(26)27)14-10-15(22(2,3)4)12-16(11-14)23(5,6)7/h8-12H,1-7H3,(H,24,25)(H,26,27). The van der Waals surface area contributed by atoms with Crippen molar-refractivity contribution < 1.29 is 19.8 Å². The van der Waals surface area contributed by atoms with Gasteiger partial charge in [0.1, 0.15) is 0 Å². The summed E-state index contributed by atoms with van der Waals surface area (Å²) >= 11 is 0. The predicted molar refractivity (Wildman–Crippen MR) is 108 cm³/mol. The number of carbonyl (C=O) groups is 2. The molecule has 0 atom stereocenters. The van der Waals surface area contributed by atoms with Crippen molar-refractivity contribution >= 4 is 11.9 Å². The number of benzene rings is 2. The van der Waals surface area contributed by atoms with Gasteiger partial charge in [0.05, 0.1) is 11.1 Å². The molecule has 0 aliphatic carbocycles. The van der Waals surface area contributed by atoms with Crippen LogP contribution in [0.3, 0.4) is 0 Å². The van der Waals surface area contributed by atoms with Crippen LogP contribution >= 0.6 is 0 Å². The highest BCUT2D eigenvalue weighted by Crippen LogP contribution is 2.36. The molecule has 0 unspecified atom stereocenters. The van der Waals surface area contributed by atoms with Crippen LogP contribution in [-0.4, -0.2) is 22.2 Å². The zero-order valence-electron chi connectivity index (χ0n) is 17.1. The molecule has 0 aromatic heterocycles. The molecular formula is C23H28O4. The highest BCUT2D eigenvalue weighted by molar-refractivity contribution is 6.02. The Morgan fingerprint density at radius 3 is 1.63 bits per heavy atom. The van der Waals surface area contributed by atoms with Crippen molar-refractivity contribution in [2.24, 2.45) is 0 Å². The molecule has 0 aliphatic heterocycles. The summed E-state index contributed by atoms with van der Waals surface area (Å²) in [6.45, 7) is 14.3. The third kappa shape index (κ3) is 4.21. The molecule has 4 nitrogen and oxygen atoms in total. The molecule has 0 fully saturated rings. The molecule has 4 heteroatoms. The molecule has 0 radical (unpaired) electrons. The summed E-state index contributed by atoms with van der Waals surface area (Å²) in [6, 6.07) is 9.28. The summed E-state index contributed by atoms with van der Waals surface area (Å²) in [4.78, 5) is 23.4. The number of carboxylic acids is 2. The van der Waals surface area contributed by atoms with Crippen molar-refractivity contribution in [2.75, 3.05) is 0 Å². The van der Waals surface area contributed by atoms with E-state index in [9.17, 15) is 19.8 Å². The number of aromatic carboxylic acids is 2. The number of hydrogen-bond acceptors (Lipinski definition) is 2. The second-order valence-electron chi connectivity index (χ2n) is 9.07. The van der Waals surface area contributed by atoms with E-state index in [0.29, 0.717) is 5.56 Å². The number of hydrogen-bond donors (Lipinski definition) is 2. The van der Waals surface area contributed by atoms with Gasteiger partial charge in [-0.15, -0.1) is 0 Å². The molecule has 2 aromatic rings. The Morgan fingerprint density at radius 2 is 1.26 bits per heavy atom. The van der Waals surface area contributed by atoms with Crippen LogP contribution in [0.1, 0.15) is 78.9 Å². The highest BCUT2D eigenvalue weighted by atomic mass is 16.4. The quantitative estimate of drug-likeness (QED) is 0.734. The van der Waals surface area contributed by atoms with Gasteiger partial charge >= 0.3 is 11.9 Å². The molecule has 0 aliphatic rings. The molecule has 0 heterocycles. The Hall–Kier alpha value is -2.62. The van der Waals surface area contributed by atoms with E-state index in [4.69, 9.17) is 0 Å². The van der Waals surface area contributed by atoms with Crippen molar-refractivity contribution in [1.29, 1.82) is 0 Å². The maximum atomic E-state index is 12.0. The topological polar surface area (TPSA) is 74.6 Å². The SMILES string of the molecule is Cc1c(C(=O)O)ccc(-c2cc(C(C)(C)C)cc(C(C)(C)C)c2)c1C(=O)O. The van der Waals surface area contributed by atoms with Crippen molar-refractivity contribution in [1.82, 2.24) is 0 Å². The van der Waals surface area contributed by atoms with Crippen LogP contribution in [0.4, 0.5) is 0 Å².